The second-order valence-electron chi connectivity index (χ2n) is 4.75. The summed E-state index contributed by atoms with van der Waals surface area (Å²) in [6, 6.07) is 12.4. The fraction of sp³-hybridized carbons (Fsp3) is 0.133. The molecule has 1 aromatic heterocycles. The average Bonchev–Trinajstić information content (AvgIpc) is 2.91. The van der Waals surface area contributed by atoms with Gasteiger partial charge in [-0.3, -0.25) is 4.79 Å². The van der Waals surface area contributed by atoms with Crippen molar-refractivity contribution in [3.63, 3.8) is 0 Å². The van der Waals surface area contributed by atoms with E-state index in [-0.39, 0.29) is 5.91 Å². The molecule has 0 spiro atoms. The van der Waals surface area contributed by atoms with Crippen LogP contribution >= 0.6 is 0 Å². The lowest BCUT2D eigenvalue weighted by Crippen LogP contribution is -2.12. The summed E-state index contributed by atoms with van der Waals surface area (Å²) in [5.74, 6) is 0.0481. The molecule has 1 amide bonds. The molecule has 3 aromatic rings. The first-order valence-corrected chi connectivity index (χ1v) is 6.04. The monoisotopic (exact) mass is 236 g/mol. The average molecular weight is 236 g/mol. The van der Waals surface area contributed by atoms with E-state index in [0.717, 1.165) is 27.4 Å². The molecule has 3 heteroatoms. The van der Waals surface area contributed by atoms with Crippen molar-refractivity contribution in [2.24, 2.45) is 7.05 Å². The standard InChI is InChI=1S/C15H12N2O/c1-17-11-5-3-2-4-10(11)14-12(17)7-6-9-8-16-15(18)13(9)14/h2-7H,8H2,1H3,(H,16,18). The molecular weight excluding hydrogens is 224 g/mol. The van der Waals surface area contributed by atoms with Gasteiger partial charge in [-0.2, -0.15) is 0 Å². The van der Waals surface area contributed by atoms with E-state index in [0.29, 0.717) is 6.54 Å². The largest absolute Gasteiger partial charge is 0.348 e. The predicted molar refractivity (Wildman–Crippen MR) is 71.6 cm³/mol. The third kappa shape index (κ3) is 1.02. The summed E-state index contributed by atoms with van der Waals surface area (Å²) in [4.78, 5) is 12.0. The summed E-state index contributed by atoms with van der Waals surface area (Å²) in [5.41, 5.74) is 4.24. The molecule has 0 bridgehead atoms. The van der Waals surface area contributed by atoms with Gasteiger partial charge in [0.1, 0.15) is 0 Å². The number of carbonyl (C=O) groups is 1. The van der Waals surface area contributed by atoms with Gasteiger partial charge in [-0.25, -0.2) is 0 Å². The van der Waals surface area contributed by atoms with Crippen LogP contribution in [0.25, 0.3) is 21.8 Å². The number of hydrogen-bond donors (Lipinski definition) is 1. The number of fused-ring (bicyclic) bond motifs is 5. The minimum absolute atomic E-state index is 0.0481. The maximum absolute atomic E-state index is 12.0. The Hall–Kier alpha value is -2.29. The van der Waals surface area contributed by atoms with Gasteiger partial charge >= 0.3 is 0 Å². The van der Waals surface area contributed by atoms with E-state index in [1.165, 1.54) is 5.52 Å². The van der Waals surface area contributed by atoms with E-state index in [1.54, 1.807) is 0 Å². The lowest BCUT2D eigenvalue weighted by Gasteiger charge is -2.00. The summed E-state index contributed by atoms with van der Waals surface area (Å²) >= 11 is 0. The molecular formula is C15H12N2O. The normalized spacial score (nSPS) is 14.2. The molecule has 18 heavy (non-hydrogen) atoms. The summed E-state index contributed by atoms with van der Waals surface area (Å²) in [6.45, 7) is 0.646. The van der Waals surface area contributed by atoms with Gasteiger partial charge in [0, 0.05) is 35.4 Å². The molecule has 0 fully saturated rings. The lowest BCUT2D eigenvalue weighted by molar-refractivity contribution is 0.0967. The van der Waals surface area contributed by atoms with Crippen LogP contribution in [0.1, 0.15) is 15.9 Å². The molecule has 2 aromatic carbocycles. The van der Waals surface area contributed by atoms with Gasteiger partial charge in [-0.15, -0.1) is 0 Å². The minimum Gasteiger partial charge on any atom is -0.348 e. The number of aryl methyl sites for hydroxylation is 1. The minimum atomic E-state index is 0.0481. The summed E-state index contributed by atoms with van der Waals surface area (Å²) in [5, 5.41) is 5.14. The van der Waals surface area contributed by atoms with Crippen LogP contribution < -0.4 is 5.32 Å². The highest BCUT2D eigenvalue weighted by atomic mass is 16.1. The Morgan fingerprint density at radius 2 is 1.94 bits per heavy atom. The van der Waals surface area contributed by atoms with E-state index in [1.807, 2.05) is 19.2 Å². The third-order valence-corrected chi connectivity index (χ3v) is 3.83. The molecule has 4 rings (SSSR count). The van der Waals surface area contributed by atoms with E-state index >= 15 is 0 Å². The second-order valence-corrected chi connectivity index (χ2v) is 4.75. The van der Waals surface area contributed by atoms with Crippen molar-refractivity contribution in [3.8, 4) is 0 Å². The molecule has 88 valence electrons. The molecule has 0 saturated heterocycles. The second kappa shape index (κ2) is 3.13. The van der Waals surface area contributed by atoms with Crippen LogP contribution in [0.2, 0.25) is 0 Å². The maximum atomic E-state index is 12.0. The van der Waals surface area contributed by atoms with E-state index in [4.69, 9.17) is 0 Å². The van der Waals surface area contributed by atoms with Crippen LogP contribution in [0.4, 0.5) is 0 Å². The molecule has 2 heterocycles. The number of benzene rings is 2. The van der Waals surface area contributed by atoms with Crippen molar-refractivity contribution < 1.29 is 4.79 Å². The van der Waals surface area contributed by atoms with Crippen molar-refractivity contribution >= 4 is 27.7 Å². The fourth-order valence-corrected chi connectivity index (χ4v) is 2.96. The van der Waals surface area contributed by atoms with E-state index in [9.17, 15) is 4.79 Å². The molecule has 0 saturated carbocycles. The van der Waals surface area contributed by atoms with Crippen molar-refractivity contribution in [1.82, 2.24) is 9.88 Å². The Morgan fingerprint density at radius 1 is 1.11 bits per heavy atom. The van der Waals surface area contributed by atoms with Gasteiger partial charge in [0.05, 0.1) is 5.56 Å². The lowest BCUT2D eigenvalue weighted by atomic mass is 10.0. The number of nitrogens with one attached hydrogen (secondary N) is 1. The number of amides is 1. The maximum Gasteiger partial charge on any atom is 0.252 e. The van der Waals surface area contributed by atoms with Gasteiger partial charge in [-0.1, -0.05) is 24.3 Å². The van der Waals surface area contributed by atoms with Crippen LogP contribution in [0.3, 0.4) is 0 Å². The van der Waals surface area contributed by atoms with Gasteiger partial charge in [0.2, 0.25) is 0 Å². The predicted octanol–water partition coefficient (Wildman–Crippen LogP) is 2.57. The molecule has 0 aliphatic carbocycles. The highest BCUT2D eigenvalue weighted by molar-refractivity contribution is 6.19. The number of aromatic nitrogens is 1. The van der Waals surface area contributed by atoms with Crippen LogP contribution in [0.5, 0.6) is 0 Å². The van der Waals surface area contributed by atoms with Gasteiger partial charge in [-0.05, 0) is 17.7 Å². The third-order valence-electron chi connectivity index (χ3n) is 3.83. The molecule has 1 N–H and O–H groups in total. The Morgan fingerprint density at radius 3 is 2.83 bits per heavy atom. The highest BCUT2D eigenvalue weighted by Crippen LogP contribution is 2.34. The Kier molecular flexibility index (Phi) is 1.69. The first-order chi connectivity index (χ1) is 8.77. The Labute approximate surface area is 104 Å². The highest BCUT2D eigenvalue weighted by Gasteiger charge is 2.24. The quantitative estimate of drug-likeness (QED) is 0.639. The van der Waals surface area contributed by atoms with Gasteiger partial charge < -0.3 is 9.88 Å². The van der Waals surface area contributed by atoms with Crippen molar-refractivity contribution in [1.29, 1.82) is 0 Å². The topological polar surface area (TPSA) is 34.0 Å². The first-order valence-electron chi connectivity index (χ1n) is 6.04. The van der Waals surface area contributed by atoms with Crippen LogP contribution in [0, 0.1) is 0 Å². The molecule has 1 aliphatic rings. The van der Waals surface area contributed by atoms with Crippen molar-refractivity contribution in [2.45, 2.75) is 6.54 Å². The Bertz CT molecular complexity index is 814. The zero-order valence-electron chi connectivity index (χ0n) is 10.0. The zero-order chi connectivity index (χ0) is 12.3. The Balaban J connectivity index is 2.33. The van der Waals surface area contributed by atoms with Crippen molar-refractivity contribution in [3.05, 3.63) is 47.5 Å². The molecule has 0 radical (unpaired) electrons. The molecule has 0 unspecified atom stereocenters. The summed E-state index contributed by atoms with van der Waals surface area (Å²) in [6.07, 6.45) is 0. The van der Waals surface area contributed by atoms with Crippen LogP contribution in [-0.4, -0.2) is 10.5 Å². The summed E-state index contributed by atoms with van der Waals surface area (Å²) in [7, 11) is 2.05. The number of carbonyl (C=O) groups excluding carboxylic acids is 1. The number of rotatable bonds is 0. The van der Waals surface area contributed by atoms with Crippen LogP contribution in [-0.2, 0) is 13.6 Å². The SMILES string of the molecule is Cn1c2ccccc2c2c3c(ccc21)CNC3=O. The van der Waals surface area contributed by atoms with E-state index in [2.05, 4.69) is 34.1 Å². The molecule has 3 nitrogen and oxygen atoms in total. The number of para-hydroxylation sites is 1. The van der Waals surface area contributed by atoms with E-state index < -0.39 is 0 Å². The zero-order valence-corrected chi connectivity index (χ0v) is 10.0. The van der Waals surface area contributed by atoms with Gasteiger partial charge in [0.15, 0.2) is 0 Å². The fourth-order valence-electron chi connectivity index (χ4n) is 2.96. The summed E-state index contributed by atoms with van der Waals surface area (Å²) < 4.78 is 2.15. The smallest absolute Gasteiger partial charge is 0.252 e. The number of hydrogen-bond acceptors (Lipinski definition) is 1. The molecule has 1 aliphatic heterocycles. The van der Waals surface area contributed by atoms with Gasteiger partial charge in [0.25, 0.3) is 5.91 Å². The number of nitrogens with zero attached hydrogens (tertiary/aromatic N) is 1. The van der Waals surface area contributed by atoms with Crippen molar-refractivity contribution in [2.75, 3.05) is 0 Å². The van der Waals surface area contributed by atoms with Crippen LogP contribution in [0.15, 0.2) is 36.4 Å². The molecule has 0 atom stereocenters. The first kappa shape index (κ1) is 9.71.